The van der Waals surface area contributed by atoms with Gasteiger partial charge in [-0.3, -0.25) is 0 Å². The first-order valence-electron chi connectivity index (χ1n) is 6.96. The van der Waals surface area contributed by atoms with E-state index >= 15 is 0 Å². The lowest BCUT2D eigenvalue weighted by atomic mass is 9.87. The zero-order valence-electron chi connectivity index (χ0n) is 11.5. The van der Waals surface area contributed by atoms with E-state index in [9.17, 15) is 8.78 Å². The second kappa shape index (κ2) is 6.17. The summed E-state index contributed by atoms with van der Waals surface area (Å²) in [4.78, 5) is 4.00. The third kappa shape index (κ3) is 3.55. The van der Waals surface area contributed by atoms with Gasteiger partial charge in [0.05, 0.1) is 0 Å². The zero-order valence-corrected chi connectivity index (χ0v) is 11.5. The maximum atomic E-state index is 13.7. The molecule has 2 N–H and O–H groups in total. The molecule has 3 nitrogen and oxygen atoms in total. The van der Waals surface area contributed by atoms with Gasteiger partial charge in [-0.2, -0.15) is 0 Å². The van der Waals surface area contributed by atoms with Gasteiger partial charge in [-0.15, -0.1) is 0 Å². The molecule has 1 aromatic rings. The molecular weight excluding hydrogens is 248 g/mol. The van der Waals surface area contributed by atoms with Gasteiger partial charge in [0.25, 0.3) is 0 Å². The van der Waals surface area contributed by atoms with Crippen molar-refractivity contribution in [1.29, 1.82) is 0 Å². The van der Waals surface area contributed by atoms with Crippen molar-refractivity contribution in [2.45, 2.75) is 45.6 Å². The van der Waals surface area contributed by atoms with Crippen LogP contribution in [0.3, 0.4) is 0 Å². The maximum Gasteiger partial charge on any atom is 0.168 e. The van der Waals surface area contributed by atoms with Crippen LogP contribution >= 0.6 is 0 Å². The highest BCUT2D eigenvalue weighted by molar-refractivity contribution is 5.48. The van der Waals surface area contributed by atoms with Crippen LogP contribution in [0.25, 0.3) is 0 Å². The highest BCUT2D eigenvalue weighted by Gasteiger charge is 2.20. The number of rotatable bonds is 4. The van der Waals surface area contributed by atoms with E-state index in [-0.39, 0.29) is 17.7 Å². The first-order valence-corrected chi connectivity index (χ1v) is 6.96. The number of anilines is 2. The number of halogens is 2. The van der Waals surface area contributed by atoms with Crippen molar-refractivity contribution in [2.75, 3.05) is 17.2 Å². The fraction of sp³-hybridized carbons (Fsp3) is 0.643. The molecule has 1 fully saturated rings. The van der Waals surface area contributed by atoms with Gasteiger partial charge in [0.15, 0.2) is 23.3 Å². The molecule has 0 spiro atoms. The molecule has 1 heterocycles. The van der Waals surface area contributed by atoms with E-state index in [1.165, 1.54) is 0 Å². The fourth-order valence-corrected chi connectivity index (χ4v) is 2.46. The van der Waals surface area contributed by atoms with E-state index in [4.69, 9.17) is 0 Å². The summed E-state index contributed by atoms with van der Waals surface area (Å²) in [5.74, 6) is -0.284. The Bertz CT molecular complexity index is 429. The van der Waals surface area contributed by atoms with Crippen LogP contribution in [0.15, 0.2) is 6.07 Å². The third-order valence-electron chi connectivity index (χ3n) is 3.63. The molecule has 2 rings (SSSR count). The molecule has 1 aliphatic carbocycles. The van der Waals surface area contributed by atoms with Crippen LogP contribution in [0.2, 0.25) is 0 Å². The first-order chi connectivity index (χ1) is 9.10. The van der Waals surface area contributed by atoms with Crippen molar-refractivity contribution >= 4 is 11.6 Å². The van der Waals surface area contributed by atoms with Gasteiger partial charge >= 0.3 is 0 Å². The van der Waals surface area contributed by atoms with Crippen LogP contribution in [-0.2, 0) is 0 Å². The normalized spacial score (nSPS) is 23.2. The lowest BCUT2D eigenvalue weighted by molar-refractivity contribution is 0.360. The van der Waals surface area contributed by atoms with Crippen LogP contribution in [-0.4, -0.2) is 17.6 Å². The van der Waals surface area contributed by atoms with Crippen molar-refractivity contribution in [3.8, 4) is 0 Å². The number of nitrogens with zero attached hydrogens (tertiary/aromatic N) is 1. The topological polar surface area (TPSA) is 37.0 Å². The van der Waals surface area contributed by atoms with Gasteiger partial charge < -0.3 is 10.6 Å². The van der Waals surface area contributed by atoms with Crippen molar-refractivity contribution in [3.63, 3.8) is 0 Å². The Kier molecular flexibility index (Phi) is 4.56. The summed E-state index contributed by atoms with van der Waals surface area (Å²) < 4.78 is 27.2. The summed E-state index contributed by atoms with van der Waals surface area (Å²) in [6.45, 7) is 4.63. The summed E-state index contributed by atoms with van der Waals surface area (Å²) in [6, 6.07) is 1.12. The summed E-state index contributed by atoms with van der Waals surface area (Å²) in [7, 11) is 0. The Hall–Kier alpha value is -1.39. The minimum Gasteiger partial charge on any atom is -0.368 e. The number of aromatic nitrogens is 1. The molecule has 0 saturated heterocycles. The van der Waals surface area contributed by atoms with Gasteiger partial charge in [-0.25, -0.2) is 13.8 Å². The lowest BCUT2D eigenvalue weighted by Gasteiger charge is -2.27. The molecular formula is C14H21F2N3. The van der Waals surface area contributed by atoms with Crippen LogP contribution in [0.5, 0.6) is 0 Å². The predicted molar refractivity (Wildman–Crippen MR) is 73.4 cm³/mol. The Morgan fingerprint density at radius 3 is 2.42 bits per heavy atom. The monoisotopic (exact) mass is 269 g/mol. The molecule has 0 aliphatic heterocycles. The molecule has 0 unspecified atom stereocenters. The van der Waals surface area contributed by atoms with Crippen LogP contribution < -0.4 is 10.6 Å². The highest BCUT2D eigenvalue weighted by atomic mass is 19.1. The number of nitrogens with one attached hydrogen (secondary N) is 2. The molecule has 0 radical (unpaired) electrons. The van der Waals surface area contributed by atoms with Crippen molar-refractivity contribution < 1.29 is 8.78 Å². The molecule has 106 valence electrons. The van der Waals surface area contributed by atoms with E-state index in [2.05, 4.69) is 22.5 Å². The molecule has 0 amide bonds. The molecule has 0 aromatic carbocycles. The molecule has 1 aromatic heterocycles. The third-order valence-corrected chi connectivity index (χ3v) is 3.63. The summed E-state index contributed by atoms with van der Waals surface area (Å²) >= 11 is 0. The van der Waals surface area contributed by atoms with Crippen LogP contribution in [0.1, 0.15) is 39.5 Å². The van der Waals surface area contributed by atoms with Gasteiger partial charge in [0.2, 0.25) is 0 Å². The average molecular weight is 269 g/mol. The maximum absolute atomic E-state index is 13.7. The van der Waals surface area contributed by atoms with Crippen molar-refractivity contribution in [3.05, 3.63) is 17.7 Å². The van der Waals surface area contributed by atoms with Gasteiger partial charge in [-0.1, -0.05) is 6.92 Å². The second-order valence-corrected chi connectivity index (χ2v) is 5.28. The minimum absolute atomic E-state index is 0.107. The van der Waals surface area contributed by atoms with Gasteiger partial charge in [0, 0.05) is 18.7 Å². The van der Waals surface area contributed by atoms with Crippen molar-refractivity contribution in [1.82, 2.24) is 4.98 Å². The second-order valence-electron chi connectivity index (χ2n) is 5.28. The van der Waals surface area contributed by atoms with Gasteiger partial charge in [-0.05, 0) is 38.5 Å². The van der Waals surface area contributed by atoms with Crippen molar-refractivity contribution in [2.24, 2.45) is 5.92 Å². The highest BCUT2D eigenvalue weighted by Crippen LogP contribution is 2.27. The Balaban J connectivity index is 2.08. The van der Waals surface area contributed by atoms with Crippen LogP contribution in [0, 0.1) is 17.6 Å². The SMILES string of the molecule is CCNc1nc(NC2CCC(C)CC2)c(F)cc1F. The first kappa shape index (κ1) is 14.0. The zero-order chi connectivity index (χ0) is 13.8. The summed E-state index contributed by atoms with van der Waals surface area (Å²) in [5.41, 5.74) is 0. The van der Waals surface area contributed by atoms with E-state index in [1.807, 2.05) is 6.92 Å². The van der Waals surface area contributed by atoms with E-state index in [0.29, 0.717) is 6.54 Å². The average Bonchev–Trinajstić information content (AvgIpc) is 2.38. The fourth-order valence-electron chi connectivity index (χ4n) is 2.46. The molecule has 1 saturated carbocycles. The molecule has 19 heavy (non-hydrogen) atoms. The molecule has 0 atom stereocenters. The lowest BCUT2D eigenvalue weighted by Crippen LogP contribution is -2.26. The van der Waals surface area contributed by atoms with E-state index < -0.39 is 11.6 Å². The molecule has 0 bridgehead atoms. The Morgan fingerprint density at radius 2 is 1.79 bits per heavy atom. The minimum atomic E-state index is -0.651. The van der Waals surface area contributed by atoms with E-state index in [1.54, 1.807) is 0 Å². The Labute approximate surface area is 112 Å². The predicted octanol–water partition coefficient (Wildman–Crippen LogP) is 3.78. The molecule has 1 aliphatic rings. The number of pyridine rings is 1. The largest absolute Gasteiger partial charge is 0.368 e. The van der Waals surface area contributed by atoms with E-state index in [0.717, 1.165) is 37.7 Å². The quantitative estimate of drug-likeness (QED) is 0.873. The smallest absolute Gasteiger partial charge is 0.168 e. The van der Waals surface area contributed by atoms with Gasteiger partial charge in [0.1, 0.15) is 0 Å². The Morgan fingerprint density at radius 1 is 1.16 bits per heavy atom. The summed E-state index contributed by atoms with van der Waals surface area (Å²) in [5, 5.41) is 5.90. The van der Waals surface area contributed by atoms with Crippen LogP contribution in [0.4, 0.5) is 20.4 Å². The number of hydrogen-bond donors (Lipinski definition) is 2. The summed E-state index contributed by atoms with van der Waals surface area (Å²) in [6.07, 6.45) is 4.30. The standard InChI is InChI=1S/C14H21F2N3/c1-3-17-13-11(15)8-12(16)14(19-13)18-10-6-4-9(2)5-7-10/h8-10H,3-7H2,1-2H3,(H2,17,18,19). The number of hydrogen-bond acceptors (Lipinski definition) is 3. The molecule has 5 heteroatoms.